The van der Waals surface area contributed by atoms with Crippen molar-refractivity contribution < 1.29 is 4.79 Å². The van der Waals surface area contributed by atoms with Crippen LogP contribution >= 0.6 is 12.4 Å². The molecule has 0 radical (unpaired) electrons. The van der Waals surface area contributed by atoms with Crippen molar-refractivity contribution in [3.63, 3.8) is 0 Å². The summed E-state index contributed by atoms with van der Waals surface area (Å²) in [5.41, 5.74) is 7.86. The van der Waals surface area contributed by atoms with Gasteiger partial charge in [0.25, 0.3) is 5.91 Å². The number of hydrogen-bond donors (Lipinski definition) is 2. The number of nitrogens with two attached hydrogens (primary N) is 1. The van der Waals surface area contributed by atoms with Crippen molar-refractivity contribution >= 4 is 29.8 Å². The first kappa shape index (κ1) is 17.1. The molecule has 2 heterocycles. The van der Waals surface area contributed by atoms with Crippen LogP contribution in [0.4, 0.5) is 11.5 Å². The molecule has 6 heteroatoms. The Hall–Kier alpha value is -2.27. The summed E-state index contributed by atoms with van der Waals surface area (Å²) in [7, 11) is 0. The number of hydrogen-bond acceptors (Lipinski definition) is 4. The van der Waals surface area contributed by atoms with Crippen LogP contribution in [0.5, 0.6) is 0 Å². The molecule has 5 nitrogen and oxygen atoms in total. The van der Waals surface area contributed by atoms with Gasteiger partial charge in [-0.2, -0.15) is 0 Å². The number of nitrogen functional groups attached to an aromatic ring is 1. The zero-order valence-corrected chi connectivity index (χ0v) is 13.7. The summed E-state index contributed by atoms with van der Waals surface area (Å²) >= 11 is 0. The van der Waals surface area contributed by atoms with E-state index >= 15 is 0 Å². The summed E-state index contributed by atoms with van der Waals surface area (Å²) in [5.74, 6) is 0.912. The minimum Gasteiger partial charge on any atom is -0.399 e. The summed E-state index contributed by atoms with van der Waals surface area (Å²) < 4.78 is 0. The molecule has 1 saturated heterocycles. The summed E-state index contributed by atoms with van der Waals surface area (Å²) in [4.78, 5) is 18.8. The monoisotopic (exact) mass is 332 g/mol. The van der Waals surface area contributed by atoms with Crippen molar-refractivity contribution in [2.45, 2.75) is 19.4 Å². The second-order valence-corrected chi connectivity index (χ2v) is 5.52. The molecule has 0 bridgehead atoms. The third-order valence-corrected chi connectivity index (χ3v) is 3.87. The topological polar surface area (TPSA) is 71.2 Å². The van der Waals surface area contributed by atoms with E-state index in [2.05, 4.69) is 15.2 Å². The molecule has 3 N–H and O–H groups in total. The van der Waals surface area contributed by atoms with E-state index in [9.17, 15) is 4.79 Å². The number of nitrogens with one attached hydrogen (secondary N) is 1. The molecule has 0 unspecified atom stereocenters. The van der Waals surface area contributed by atoms with E-state index in [4.69, 9.17) is 5.73 Å². The minimum atomic E-state index is -0.108. The van der Waals surface area contributed by atoms with Crippen molar-refractivity contribution in [2.75, 3.05) is 23.7 Å². The van der Waals surface area contributed by atoms with E-state index in [0.29, 0.717) is 17.8 Å². The fraction of sp³-hybridized carbons (Fsp3) is 0.294. The van der Waals surface area contributed by atoms with Gasteiger partial charge in [0.15, 0.2) is 0 Å². The lowest BCUT2D eigenvalue weighted by molar-refractivity contribution is 0.0951. The third kappa shape index (κ3) is 4.36. The minimum absolute atomic E-state index is 0. The first-order valence-corrected chi connectivity index (χ1v) is 7.56. The SMILES string of the molecule is Cl.Nc1ccc(C(=O)NCc2ccc(N3CCCC3)nc2)cc1. The maximum atomic E-state index is 12.0. The smallest absolute Gasteiger partial charge is 0.251 e. The van der Waals surface area contributed by atoms with Crippen molar-refractivity contribution in [3.8, 4) is 0 Å². The van der Waals surface area contributed by atoms with E-state index in [0.717, 1.165) is 24.5 Å². The fourth-order valence-corrected chi connectivity index (χ4v) is 2.57. The lowest BCUT2D eigenvalue weighted by Gasteiger charge is -2.16. The predicted molar refractivity (Wildman–Crippen MR) is 95.0 cm³/mol. The fourth-order valence-electron chi connectivity index (χ4n) is 2.57. The second-order valence-electron chi connectivity index (χ2n) is 5.52. The van der Waals surface area contributed by atoms with Crippen LogP contribution in [0.1, 0.15) is 28.8 Å². The van der Waals surface area contributed by atoms with Crippen molar-refractivity contribution in [2.24, 2.45) is 0 Å². The largest absolute Gasteiger partial charge is 0.399 e. The van der Waals surface area contributed by atoms with Gasteiger partial charge in [-0.1, -0.05) is 6.07 Å². The average Bonchev–Trinajstić information content (AvgIpc) is 3.08. The maximum Gasteiger partial charge on any atom is 0.251 e. The number of aromatic nitrogens is 1. The van der Waals surface area contributed by atoms with Crippen LogP contribution in [0.2, 0.25) is 0 Å². The Morgan fingerprint density at radius 2 is 1.83 bits per heavy atom. The second kappa shape index (κ2) is 7.83. The molecule has 3 rings (SSSR count). The number of amides is 1. The third-order valence-electron chi connectivity index (χ3n) is 3.87. The van der Waals surface area contributed by atoms with Gasteiger partial charge in [0.05, 0.1) is 0 Å². The summed E-state index contributed by atoms with van der Waals surface area (Å²) in [6.07, 6.45) is 4.30. The van der Waals surface area contributed by atoms with Gasteiger partial charge < -0.3 is 16.0 Å². The highest BCUT2D eigenvalue weighted by Crippen LogP contribution is 2.17. The van der Waals surface area contributed by atoms with Gasteiger partial charge in [0.1, 0.15) is 5.82 Å². The Morgan fingerprint density at radius 3 is 2.43 bits per heavy atom. The highest BCUT2D eigenvalue weighted by Gasteiger charge is 2.13. The molecule has 0 atom stereocenters. The average molecular weight is 333 g/mol. The molecule has 23 heavy (non-hydrogen) atoms. The predicted octanol–water partition coefficient (Wildman–Crippen LogP) is 2.62. The first-order chi connectivity index (χ1) is 10.7. The molecule has 1 aliphatic rings. The van der Waals surface area contributed by atoms with Crippen LogP contribution in [0, 0.1) is 0 Å². The molecule has 1 fully saturated rings. The van der Waals surface area contributed by atoms with Crippen molar-refractivity contribution in [1.82, 2.24) is 10.3 Å². The molecule has 0 saturated carbocycles. The summed E-state index contributed by atoms with van der Waals surface area (Å²) in [6, 6.07) is 10.9. The van der Waals surface area contributed by atoms with Gasteiger partial charge >= 0.3 is 0 Å². The molecule has 0 aliphatic carbocycles. The number of benzene rings is 1. The van der Waals surface area contributed by atoms with Gasteiger partial charge in [-0.3, -0.25) is 4.79 Å². The Bertz CT molecular complexity index is 637. The summed E-state index contributed by atoms with van der Waals surface area (Å²) in [6.45, 7) is 2.64. The lowest BCUT2D eigenvalue weighted by Crippen LogP contribution is -2.23. The Balaban J connectivity index is 0.00000192. The highest BCUT2D eigenvalue weighted by atomic mass is 35.5. The van der Waals surface area contributed by atoms with Crippen LogP contribution in [-0.4, -0.2) is 24.0 Å². The van der Waals surface area contributed by atoms with Gasteiger partial charge in [-0.25, -0.2) is 4.98 Å². The quantitative estimate of drug-likeness (QED) is 0.844. The number of carbonyl (C=O) groups excluding carboxylic acids is 1. The Labute approximate surface area is 142 Å². The van der Waals surface area contributed by atoms with E-state index in [-0.39, 0.29) is 18.3 Å². The van der Waals surface area contributed by atoms with E-state index in [1.54, 1.807) is 24.3 Å². The number of anilines is 2. The maximum absolute atomic E-state index is 12.0. The number of carbonyl (C=O) groups is 1. The Kier molecular flexibility index (Phi) is 5.82. The van der Waals surface area contributed by atoms with Crippen LogP contribution < -0.4 is 16.0 Å². The van der Waals surface area contributed by atoms with Crippen molar-refractivity contribution in [1.29, 1.82) is 0 Å². The normalized spacial score (nSPS) is 13.5. The molecular formula is C17H21ClN4O. The van der Waals surface area contributed by atoms with Crippen LogP contribution in [0.3, 0.4) is 0 Å². The summed E-state index contributed by atoms with van der Waals surface area (Å²) in [5, 5.41) is 2.89. The lowest BCUT2D eigenvalue weighted by atomic mass is 10.2. The number of rotatable bonds is 4. The molecule has 1 aromatic heterocycles. The van der Waals surface area contributed by atoms with Crippen molar-refractivity contribution in [3.05, 3.63) is 53.7 Å². The number of nitrogens with zero attached hydrogens (tertiary/aromatic N) is 2. The van der Waals surface area contributed by atoms with Crippen LogP contribution in [0.25, 0.3) is 0 Å². The highest BCUT2D eigenvalue weighted by molar-refractivity contribution is 5.94. The van der Waals surface area contributed by atoms with E-state index in [1.807, 2.05) is 18.3 Å². The van der Waals surface area contributed by atoms with Gasteiger partial charge in [-0.05, 0) is 48.7 Å². The number of pyridine rings is 1. The number of halogens is 1. The first-order valence-electron chi connectivity index (χ1n) is 7.56. The molecule has 1 aliphatic heterocycles. The molecule has 2 aromatic rings. The molecule has 122 valence electrons. The molecule has 1 amide bonds. The van der Waals surface area contributed by atoms with Crippen LogP contribution in [-0.2, 0) is 6.54 Å². The van der Waals surface area contributed by atoms with Crippen LogP contribution in [0.15, 0.2) is 42.6 Å². The Morgan fingerprint density at radius 1 is 1.13 bits per heavy atom. The van der Waals surface area contributed by atoms with Gasteiger partial charge in [0.2, 0.25) is 0 Å². The van der Waals surface area contributed by atoms with E-state index in [1.165, 1.54) is 12.8 Å². The molecular weight excluding hydrogens is 312 g/mol. The van der Waals surface area contributed by atoms with Gasteiger partial charge in [0, 0.05) is 37.1 Å². The zero-order valence-electron chi connectivity index (χ0n) is 12.9. The van der Waals surface area contributed by atoms with E-state index < -0.39 is 0 Å². The van der Waals surface area contributed by atoms with Gasteiger partial charge in [-0.15, -0.1) is 12.4 Å². The molecule has 0 spiro atoms. The zero-order chi connectivity index (χ0) is 15.4. The standard InChI is InChI=1S/C17H20N4O.ClH/c18-15-6-4-14(5-7-15)17(22)20-12-13-3-8-16(19-11-13)21-9-1-2-10-21;/h3-8,11H,1-2,9-10,12,18H2,(H,20,22);1H. The molecule has 1 aromatic carbocycles.